The monoisotopic (exact) mass is 212 g/mol. The topological polar surface area (TPSA) is 55.1 Å². The fourth-order valence-electron chi connectivity index (χ4n) is 0.829. The highest BCUT2D eigenvalue weighted by Crippen LogP contribution is 2.05. The van der Waals surface area contributed by atoms with E-state index in [1.807, 2.05) is 6.92 Å². The molecule has 0 aromatic rings. The number of amides is 1. The summed E-state index contributed by atoms with van der Waals surface area (Å²) in [4.78, 5) is 11.1. The van der Waals surface area contributed by atoms with E-state index in [1.54, 1.807) is 0 Å². The fraction of sp³-hybridized carbons (Fsp3) is 0.364. The van der Waals surface area contributed by atoms with Crippen LogP contribution in [-0.2, 0) is 4.79 Å². The molecule has 84 valence electrons. The molecule has 0 aliphatic rings. The number of hydrogen-bond acceptors (Lipinski definition) is 2. The maximum absolute atomic E-state index is 12.8. The van der Waals surface area contributed by atoms with Gasteiger partial charge in [0.2, 0.25) is 5.91 Å². The number of nitrogens with two attached hydrogens (primary N) is 1. The third-order valence-electron chi connectivity index (χ3n) is 1.64. The van der Waals surface area contributed by atoms with Crippen molar-refractivity contribution in [3.8, 4) is 0 Å². The van der Waals surface area contributed by atoms with Gasteiger partial charge in [0.25, 0.3) is 0 Å². The van der Waals surface area contributed by atoms with Gasteiger partial charge < -0.3 is 11.1 Å². The minimum Gasteiger partial charge on any atom is -0.399 e. The smallest absolute Gasteiger partial charge is 0.243 e. The summed E-state index contributed by atoms with van der Waals surface area (Å²) < 4.78 is 12.8. The summed E-state index contributed by atoms with van der Waals surface area (Å²) in [6, 6.07) is 0. The molecule has 1 amide bonds. The molecule has 0 aromatic carbocycles. The molecule has 0 atom stereocenters. The summed E-state index contributed by atoms with van der Waals surface area (Å²) in [5, 5.41) is 2.65. The fourth-order valence-corrected chi connectivity index (χ4v) is 0.829. The molecule has 0 heterocycles. The van der Waals surface area contributed by atoms with Gasteiger partial charge in [-0.15, -0.1) is 0 Å². The number of rotatable bonds is 6. The van der Waals surface area contributed by atoms with Crippen molar-refractivity contribution in [1.29, 1.82) is 0 Å². The predicted molar refractivity (Wildman–Crippen MR) is 59.6 cm³/mol. The van der Waals surface area contributed by atoms with Gasteiger partial charge in [0.05, 0.1) is 0 Å². The van der Waals surface area contributed by atoms with Crippen molar-refractivity contribution in [3.05, 3.63) is 36.3 Å². The van der Waals surface area contributed by atoms with Crippen LogP contribution >= 0.6 is 0 Å². The highest BCUT2D eigenvalue weighted by atomic mass is 19.1. The molecule has 0 aromatic heterocycles. The Bertz CT molecular complexity index is 282. The van der Waals surface area contributed by atoms with Gasteiger partial charge >= 0.3 is 0 Å². The zero-order valence-corrected chi connectivity index (χ0v) is 8.92. The highest BCUT2D eigenvalue weighted by molar-refractivity contribution is 5.87. The lowest BCUT2D eigenvalue weighted by Crippen LogP contribution is -2.21. The van der Waals surface area contributed by atoms with Crippen LogP contribution in [0.1, 0.15) is 19.8 Å². The molecule has 0 rings (SSSR count). The van der Waals surface area contributed by atoms with Crippen LogP contribution in [0, 0.1) is 0 Å². The number of hydrogen-bond donors (Lipinski definition) is 2. The second-order valence-electron chi connectivity index (χ2n) is 2.97. The third kappa shape index (κ3) is 6.49. The normalized spacial score (nSPS) is 12.4. The van der Waals surface area contributed by atoms with Crippen LogP contribution in [0.25, 0.3) is 0 Å². The van der Waals surface area contributed by atoms with Crippen LogP contribution in [-0.4, -0.2) is 12.5 Å². The molecule has 0 saturated carbocycles. The molecule has 0 unspecified atom stereocenters. The standard InChI is InChI=1S/C11H17FN2O/c1-3-8-14-11(15)7-5-6-10(13)9(12)4-2/h4-5,7H,2-3,6,8,13H2,1H3,(H,14,15)/b7-5+,10-9+. The Kier molecular flexibility index (Phi) is 6.97. The zero-order valence-electron chi connectivity index (χ0n) is 8.92. The average Bonchev–Trinajstić information content (AvgIpc) is 2.24. The van der Waals surface area contributed by atoms with E-state index < -0.39 is 5.83 Å². The van der Waals surface area contributed by atoms with Crippen molar-refractivity contribution in [2.45, 2.75) is 19.8 Å². The molecule has 3 N–H and O–H groups in total. The second kappa shape index (κ2) is 7.79. The van der Waals surface area contributed by atoms with E-state index in [2.05, 4.69) is 11.9 Å². The quantitative estimate of drug-likeness (QED) is 0.521. The lowest BCUT2D eigenvalue weighted by atomic mass is 10.2. The van der Waals surface area contributed by atoms with Gasteiger partial charge in [0.1, 0.15) is 5.83 Å². The molecule has 0 aliphatic carbocycles. The van der Waals surface area contributed by atoms with E-state index in [4.69, 9.17) is 5.73 Å². The minimum atomic E-state index is -0.548. The molecule has 0 fully saturated rings. The lowest BCUT2D eigenvalue weighted by molar-refractivity contribution is -0.116. The van der Waals surface area contributed by atoms with E-state index >= 15 is 0 Å². The number of nitrogens with one attached hydrogen (secondary N) is 1. The van der Waals surface area contributed by atoms with Gasteiger partial charge in [-0.2, -0.15) is 0 Å². The number of allylic oxidation sites excluding steroid dienone is 3. The van der Waals surface area contributed by atoms with Gasteiger partial charge in [-0.1, -0.05) is 19.6 Å². The number of halogens is 1. The van der Waals surface area contributed by atoms with E-state index in [-0.39, 0.29) is 18.0 Å². The Hall–Kier alpha value is -1.58. The van der Waals surface area contributed by atoms with Crippen molar-refractivity contribution in [3.63, 3.8) is 0 Å². The molecule has 4 heteroatoms. The third-order valence-corrected chi connectivity index (χ3v) is 1.64. The summed E-state index contributed by atoms with van der Waals surface area (Å²) in [7, 11) is 0. The van der Waals surface area contributed by atoms with Crippen LogP contribution in [0.4, 0.5) is 4.39 Å². The molecule has 0 aliphatic heterocycles. The largest absolute Gasteiger partial charge is 0.399 e. The Morgan fingerprint density at radius 2 is 2.27 bits per heavy atom. The molecule has 0 radical (unpaired) electrons. The van der Waals surface area contributed by atoms with Crippen LogP contribution in [0.15, 0.2) is 36.3 Å². The first-order chi connectivity index (χ1) is 7.11. The highest BCUT2D eigenvalue weighted by Gasteiger charge is 1.96. The van der Waals surface area contributed by atoms with E-state index in [0.717, 1.165) is 12.5 Å². The van der Waals surface area contributed by atoms with E-state index in [9.17, 15) is 9.18 Å². The predicted octanol–water partition coefficient (Wildman–Crippen LogP) is 1.78. The first kappa shape index (κ1) is 13.4. The van der Waals surface area contributed by atoms with E-state index in [1.165, 1.54) is 12.2 Å². The number of carbonyl (C=O) groups excluding carboxylic acids is 1. The Morgan fingerprint density at radius 3 is 2.80 bits per heavy atom. The zero-order chi connectivity index (χ0) is 11.7. The lowest BCUT2D eigenvalue weighted by Gasteiger charge is -1.98. The molecular formula is C11H17FN2O. The molecule has 0 bridgehead atoms. The summed E-state index contributed by atoms with van der Waals surface area (Å²) in [5.41, 5.74) is 5.44. The first-order valence-electron chi connectivity index (χ1n) is 4.82. The SMILES string of the molecule is C=C/C(F)=C(\N)C/C=C/C(=O)NCCC. The van der Waals surface area contributed by atoms with Crippen molar-refractivity contribution in [2.75, 3.05) is 6.54 Å². The van der Waals surface area contributed by atoms with Gasteiger partial charge in [-0.05, 0) is 18.6 Å². The summed E-state index contributed by atoms with van der Waals surface area (Å²) in [6.45, 7) is 5.85. The van der Waals surface area contributed by atoms with Crippen molar-refractivity contribution in [1.82, 2.24) is 5.32 Å². The minimum absolute atomic E-state index is 0.0736. The van der Waals surface area contributed by atoms with Crippen molar-refractivity contribution < 1.29 is 9.18 Å². The van der Waals surface area contributed by atoms with Crippen molar-refractivity contribution in [2.24, 2.45) is 5.73 Å². The summed E-state index contributed by atoms with van der Waals surface area (Å²) in [5.74, 6) is -0.739. The van der Waals surface area contributed by atoms with Gasteiger partial charge in [0.15, 0.2) is 0 Å². The first-order valence-corrected chi connectivity index (χ1v) is 4.82. The maximum atomic E-state index is 12.8. The van der Waals surface area contributed by atoms with E-state index in [0.29, 0.717) is 6.54 Å². The second-order valence-corrected chi connectivity index (χ2v) is 2.97. The van der Waals surface area contributed by atoms with Gasteiger partial charge in [-0.25, -0.2) is 4.39 Å². The van der Waals surface area contributed by atoms with Crippen LogP contribution in [0.2, 0.25) is 0 Å². The molecule has 3 nitrogen and oxygen atoms in total. The molecule has 15 heavy (non-hydrogen) atoms. The Labute approximate surface area is 89.5 Å². The van der Waals surface area contributed by atoms with Crippen LogP contribution in [0.5, 0.6) is 0 Å². The maximum Gasteiger partial charge on any atom is 0.243 e. The van der Waals surface area contributed by atoms with Crippen LogP contribution in [0.3, 0.4) is 0 Å². The number of carbonyl (C=O) groups is 1. The Balaban J connectivity index is 3.99. The van der Waals surface area contributed by atoms with Gasteiger partial charge in [0, 0.05) is 18.7 Å². The molecule has 0 saturated heterocycles. The summed E-state index contributed by atoms with van der Waals surface area (Å²) in [6.07, 6.45) is 4.99. The average molecular weight is 212 g/mol. The molecular weight excluding hydrogens is 195 g/mol. The molecule has 0 spiro atoms. The Morgan fingerprint density at radius 1 is 1.60 bits per heavy atom. The summed E-state index contributed by atoms with van der Waals surface area (Å²) >= 11 is 0. The van der Waals surface area contributed by atoms with Gasteiger partial charge in [-0.3, -0.25) is 4.79 Å². The van der Waals surface area contributed by atoms with Crippen molar-refractivity contribution >= 4 is 5.91 Å². The van der Waals surface area contributed by atoms with Crippen LogP contribution < -0.4 is 11.1 Å².